The number of amidine groups is 1. The van der Waals surface area contributed by atoms with Gasteiger partial charge in [-0.2, -0.15) is 5.26 Å². The Kier molecular flexibility index (Phi) is 6.83. The zero-order chi connectivity index (χ0) is 20.0. The first kappa shape index (κ1) is 20.3. The van der Waals surface area contributed by atoms with Crippen LogP contribution in [0.3, 0.4) is 0 Å². The van der Waals surface area contributed by atoms with E-state index in [1.807, 2.05) is 13.8 Å². The van der Waals surface area contributed by atoms with Crippen molar-refractivity contribution in [3.63, 3.8) is 0 Å². The maximum atomic E-state index is 12.7. The Balaban J connectivity index is 2.70. The molecule has 1 aromatic carbocycles. The van der Waals surface area contributed by atoms with Gasteiger partial charge in [0.25, 0.3) is 0 Å². The van der Waals surface area contributed by atoms with Crippen LogP contribution in [0.1, 0.15) is 39.2 Å². The van der Waals surface area contributed by atoms with Gasteiger partial charge in [0, 0.05) is 11.5 Å². The molecule has 1 aliphatic heterocycles. The predicted octanol–water partition coefficient (Wildman–Crippen LogP) is 2.92. The first-order valence-corrected chi connectivity index (χ1v) is 8.99. The summed E-state index contributed by atoms with van der Waals surface area (Å²) in [5.74, 6) is -0.638. The maximum absolute atomic E-state index is 12.7. The number of nitrogens with two attached hydrogens (primary N) is 1. The van der Waals surface area contributed by atoms with Crippen LogP contribution in [0.4, 0.5) is 0 Å². The van der Waals surface area contributed by atoms with Gasteiger partial charge in [-0.25, -0.2) is 9.79 Å². The minimum absolute atomic E-state index is 0.164. The zero-order valence-corrected chi connectivity index (χ0v) is 16.1. The molecule has 0 aromatic heterocycles. The molecule has 1 aromatic rings. The number of esters is 1. The number of allylic oxidation sites excluding steroid dienone is 1. The van der Waals surface area contributed by atoms with Crippen molar-refractivity contribution in [1.82, 2.24) is 0 Å². The van der Waals surface area contributed by atoms with Crippen LogP contribution in [0.5, 0.6) is 11.5 Å². The van der Waals surface area contributed by atoms with E-state index in [9.17, 15) is 10.1 Å². The van der Waals surface area contributed by atoms with Gasteiger partial charge in [0.1, 0.15) is 23.3 Å². The van der Waals surface area contributed by atoms with Crippen LogP contribution in [0.15, 0.2) is 34.5 Å². The van der Waals surface area contributed by atoms with E-state index in [-0.39, 0.29) is 12.4 Å². The molecule has 2 N–H and O–H groups in total. The molecule has 0 saturated carbocycles. The summed E-state index contributed by atoms with van der Waals surface area (Å²) in [4.78, 5) is 16.9. The number of hydrogen-bond acceptors (Lipinski definition) is 7. The van der Waals surface area contributed by atoms with Crippen molar-refractivity contribution in [2.24, 2.45) is 16.6 Å². The average Bonchev–Trinajstić information content (AvgIpc) is 2.63. The number of carbonyl (C=O) groups excluding carboxylic acids is 1. The van der Waals surface area contributed by atoms with Crippen molar-refractivity contribution >= 4 is 11.8 Å². The standard InChI is InChI=1S/C20H25N3O4/c1-5-25-13-8-9-16(26-6-2)14(10-13)18-15(11-21)19(22)23-12(4)17(18)20(24)27-7-3/h8-10,15,18H,5-7H2,1-4H3,(H2,22,23)/t15?,18-/m0/s1. The van der Waals surface area contributed by atoms with Crippen molar-refractivity contribution in [3.05, 3.63) is 35.0 Å². The van der Waals surface area contributed by atoms with Gasteiger partial charge >= 0.3 is 5.97 Å². The second-order valence-corrected chi connectivity index (χ2v) is 5.91. The van der Waals surface area contributed by atoms with E-state index < -0.39 is 17.8 Å². The fourth-order valence-corrected chi connectivity index (χ4v) is 3.16. The van der Waals surface area contributed by atoms with Crippen LogP contribution in [0.25, 0.3) is 0 Å². The number of aliphatic imine (C=N–C) groups is 1. The summed E-state index contributed by atoms with van der Waals surface area (Å²) >= 11 is 0. The molecule has 27 heavy (non-hydrogen) atoms. The average molecular weight is 371 g/mol. The second-order valence-electron chi connectivity index (χ2n) is 5.91. The fraction of sp³-hybridized carbons (Fsp3) is 0.450. The van der Waals surface area contributed by atoms with Crippen LogP contribution >= 0.6 is 0 Å². The lowest BCUT2D eigenvalue weighted by Gasteiger charge is -2.30. The molecule has 0 saturated heterocycles. The molecule has 2 atom stereocenters. The molecule has 7 nitrogen and oxygen atoms in total. The highest BCUT2D eigenvalue weighted by atomic mass is 16.5. The molecule has 0 spiro atoms. The molecule has 1 aliphatic rings. The summed E-state index contributed by atoms with van der Waals surface area (Å²) in [5, 5.41) is 9.74. The summed E-state index contributed by atoms with van der Waals surface area (Å²) < 4.78 is 16.6. The summed E-state index contributed by atoms with van der Waals surface area (Å²) in [5.41, 5.74) is 7.43. The normalized spacial score (nSPS) is 19.1. The SMILES string of the molecule is CCOC(=O)C1=C(C)N=C(N)C(C#N)[C@@H]1c1cc(OCC)ccc1OCC. The third-order valence-electron chi connectivity index (χ3n) is 4.21. The first-order valence-electron chi connectivity index (χ1n) is 8.99. The Labute approximate surface area is 159 Å². The molecular formula is C20H25N3O4. The monoisotopic (exact) mass is 371 g/mol. The zero-order valence-electron chi connectivity index (χ0n) is 16.1. The van der Waals surface area contributed by atoms with Crippen molar-refractivity contribution in [2.45, 2.75) is 33.6 Å². The number of hydrogen-bond donors (Lipinski definition) is 1. The lowest BCUT2D eigenvalue weighted by atomic mass is 9.77. The Morgan fingerprint density at radius 2 is 1.93 bits per heavy atom. The molecule has 0 amide bonds. The Morgan fingerprint density at radius 1 is 1.22 bits per heavy atom. The molecule has 7 heteroatoms. The molecular weight excluding hydrogens is 346 g/mol. The largest absolute Gasteiger partial charge is 0.494 e. The number of rotatable bonds is 7. The van der Waals surface area contributed by atoms with Gasteiger partial charge in [-0.15, -0.1) is 0 Å². The summed E-state index contributed by atoms with van der Waals surface area (Å²) in [6.07, 6.45) is 0. The van der Waals surface area contributed by atoms with Crippen LogP contribution in [-0.2, 0) is 9.53 Å². The van der Waals surface area contributed by atoms with Gasteiger partial charge < -0.3 is 19.9 Å². The molecule has 0 aliphatic carbocycles. The van der Waals surface area contributed by atoms with Gasteiger partial charge in [0.05, 0.1) is 37.2 Å². The van der Waals surface area contributed by atoms with Gasteiger partial charge in [0.15, 0.2) is 0 Å². The van der Waals surface area contributed by atoms with Crippen LogP contribution in [-0.4, -0.2) is 31.6 Å². The Morgan fingerprint density at radius 3 is 2.52 bits per heavy atom. The van der Waals surface area contributed by atoms with E-state index in [0.717, 1.165) is 0 Å². The van der Waals surface area contributed by atoms with Gasteiger partial charge in [-0.1, -0.05) is 0 Å². The van der Waals surface area contributed by atoms with Crippen LogP contribution in [0.2, 0.25) is 0 Å². The summed E-state index contributed by atoms with van der Waals surface area (Å²) in [6, 6.07) is 7.53. The molecule has 2 rings (SSSR count). The number of nitrogens with zero attached hydrogens (tertiary/aromatic N) is 2. The third-order valence-corrected chi connectivity index (χ3v) is 4.21. The number of benzene rings is 1. The molecule has 144 valence electrons. The van der Waals surface area contributed by atoms with E-state index in [0.29, 0.717) is 41.5 Å². The lowest BCUT2D eigenvalue weighted by molar-refractivity contribution is -0.139. The summed E-state index contributed by atoms with van der Waals surface area (Å²) in [6.45, 7) is 8.31. The van der Waals surface area contributed by atoms with Crippen molar-refractivity contribution in [3.8, 4) is 17.6 Å². The Hall–Kier alpha value is -3.01. The van der Waals surface area contributed by atoms with Crippen LogP contribution < -0.4 is 15.2 Å². The van der Waals surface area contributed by atoms with E-state index in [4.69, 9.17) is 19.9 Å². The minimum atomic E-state index is -0.816. The molecule has 1 unspecified atom stereocenters. The van der Waals surface area contributed by atoms with Crippen molar-refractivity contribution < 1.29 is 19.0 Å². The summed E-state index contributed by atoms with van der Waals surface area (Å²) in [7, 11) is 0. The molecule has 1 heterocycles. The van der Waals surface area contributed by atoms with Gasteiger partial charge in [0.2, 0.25) is 0 Å². The first-order chi connectivity index (χ1) is 13.0. The number of ether oxygens (including phenoxy) is 3. The lowest BCUT2D eigenvalue weighted by Crippen LogP contribution is -2.35. The van der Waals surface area contributed by atoms with Crippen molar-refractivity contribution in [1.29, 1.82) is 5.26 Å². The van der Waals surface area contributed by atoms with E-state index in [2.05, 4.69) is 11.1 Å². The van der Waals surface area contributed by atoms with E-state index in [1.54, 1.807) is 32.0 Å². The molecule has 0 fully saturated rings. The fourth-order valence-electron chi connectivity index (χ4n) is 3.16. The topological polar surface area (TPSA) is 107 Å². The van der Waals surface area contributed by atoms with Gasteiger partial charge in [-0.05, 0) is 45.9 Å². The number of nitriles is 1. The van der Waals surface area contributed by atoms with Crippen molar-refractivity contribution in [2.75, 3.05) is 19.8 Å². The van der Waals surface area contributed by atoms with E-state index in [1.165, 1.54) is 0 Å². The minimum Gasteiger partial charge on any atom is -0.494 e. The Bertz CT molecular complexity index is 808. The quantitative estimate of drug-likeness (QED) is 0.739. The highest BCUT2D eigenvalue weighted by molar-refractivity contribution is 5.98. The van der Waals surface area contributed by atoms with E-state index >= 15 is 0 Å². The molecule has 0 radical (unpaired) electrons. The van der Waals surface area contributed by atoms with Gasteiger partial charge in [-0.3, -0.25) is 0 Å². The maximum Gasteiger partial charge on any atom is 0.336 e. The predicted molar refractivity (Wildman–Crippen MR) is 102 cm³/mol. The third kappa shape index (κ3) is 4.22. The smallest absolute Gasteiger partial charge is 0.336 e. The highest BCUT2D eigenvalue weighted by Gasteiger charge is 2.40. The second kappa shape index (κ2) is 9.08. The highest BCUT2D eigenvalue weighted by Crippen LogP contribution is 2.43. The van der Waals surface area contributed by atoms with Crippen LogP contribution in [0, 0.1) is 17.2 Å². The number of carbonyl (C=O) groups is 1. The molecule has 0 bridgehead atoms.